The molecule has 1 saturated carbocycles. The third-order valence-corrected chi connectivity index (χ3v) is 4.53. The maximum atomic E-state index is 11.5. The van der Waals surface area contributed by atoms with Crippen molar-refractivity contribution in [2.45, 2.75) is 63.1 Å². The minimum atomic E-state index is -0.685. The molecule has 3 unspecified atom stereocenters. The fourth-order valence-corrected chi connectivity index (χ4v) is 3.45. The Labute approximate surface area is 103 Å². The van der Waals surface area contributed by atoms with E-state index in [9.17, 15) is 9.90 Å². The highest BCUT2D eigenvalue weighted by molar-refractivity contribution is 5.78. The lowest BCUT2D eigenvalue weighted by atomic mass is 9.88. The van der Waals surface area contributed by atoms with E-state index in [4.69, 9.17) is 4.74 Å². The molecule has 1 aliphatic heterocycles. The van der Waals surface area contributed by atoms with Gasteiger partial charge in [-0.15, -0.1) is 0 Å². The molecule has 0 bridgehead atoms. The van der Waals surface area contributed by atoms with Crippen molar-refractivity contribution < 1.29 is 14.6 Å². The van der Waals surface area contributed by atoms with Crippen LogP contribution in [0.4, 0.5) is 0 Å². The van der Waals surface area contributed by atoms with Crippen LogP contribution in [-0.4, -0.2) is 47.3 Å². The molecule has 2 rings (SSSR count). The Morgan fingerprint density at radius 1 is 1.35 bits per heavy atom. The summed E-state index contributed by atoms with van der Waals surface area (Å²) in [5.74, 6) is -0.685. The molecule has 0 aromatic rings. The van der Waals surface area contributed by atoms with E-state index in [0.29, 0.717) is 0 Å². The number of nitrogens with zero attached hydrogens (tertiary/aromatic N) is 1. The van der Waals surface area contributed by atoms with Crippen LogP contribution in [0, 0.1) is 0 Å². The number of carboxylic acids is 1. The number of rotatable bonds is 3. The molecule has 4 nitrogen and oxygen atoms in total. The number of ether oxygens (including phenoxy) is 1. The fourth-order valence-electron chi connectivity index (χ4n) is 3.45. The molecule has 0 aromatic heterocycles. The summed E-state index contributed by atoms with van der Waals surface area (Å²) in [5, 5.41) is 9.45. The topological polar surface area (TPSA) is 49.8 Å². The Kier molecular flexibility index (Phi) is 3.73. The van der Waals surface area contributed by atoms with Crippen LogP contribution >= 0.6 is 0 Å². The van der Waals surface area contributed by atoms with Gasteiger partial charge in [0.25, 0.3) is 0 Å². The number of carbonyl (C=O) groups is 1. The van der Waals surface area contributed by atoms with E-state index in [1.807, 2.05) is 6.92 Å². The Morgan fingerprint density at radius 3 is 2.71 bits per heavy atom. The molecule has 17 heavy (non-hydrogen) atoms. The summed E-state index contributed by atoms with van der Waals surface area (Å²) in [4.78, 5) is 13.7. The quantitative estimate of drug-likeness (QED) is 0.819. The lowest BCUT2D eigenvalue weighted by Crippen LogP contribution is -2.57. The van der Waals surface area contributed by atoms with Crippen LogP contribution in [0.15, 0.2) is 0 Å². The van der Waals surface area contributed by atoms with E-state index in [1.54, 1.807) is 7.11 Å². The second-order valence-electron chi connectivity index (χ2n) is 5.50. The molecule has 2 aliphatic rings. The molecule has 0 amide bonds. The van der Waals surface area contributed by atoms with Crippen molar-refractivity contribution in [3.8, 4) is 0 Å². The van der Waals surface area contributed by atoms with Gasteiger partial charge in [0.1, 0.15) is 5.54 Å². The average Bonchev–Trinajstić information content (AvgIpc) is 2.72. The van der Waals surface area contributed by atoms with Gasteiger partial charge in [0, 0.05) is 13.2 Å². The van der Waals surface area contributed by atoms with E-state index < -0.39 is 11.5 Å². The fraction of sp³-hybridized carbons (Fsp3) is 0.923. The van der Waals surface area contributed by atoms with Crippen LogP contribution in [-0.2, 0) is 9.53 Å². The largest absolute Gasteiger partial charge is 0.480 e. The Morgan fingerprint density at radius 2 is 2.06 bits per heavy atom. The molecular weight excluding hydrogens is 218 g/mol. The van der Waals surface area contributed by atoms with Crippen molar-refractivity contribution in [1.29, 1.82) is 0 Å². The first-order chi connectivity index (χ1) is 8.09. The molecule has 98 valence electrons. The molecule has 4 heteroatoms. The molecular formula is C13H23NO3. The summed E-state index contributed by atoms with van der Waals surface area (Å²) < 4.78 is 5.55. The number of aliphatic carboxylic acids is 1. The Hall–Kier alpha value is -0.610. The minimum absolute atomic E-state index is 0.209. The van der Waals surface area contributed by atoms with Gasteiger partial charge < -0.3 is 9.84 Å². The number of hydrogen-bond acceptors (Lipinski definition) is 3. The van der Waals surface area contributed by atoms with Crippen molar-refractivity contribution in [3.05, 3.63) is 0 Å². The zero-order valence-corrected chi connectivity index (χ0v) is 10.8. The van der Waals surface area contributed by atoms with Gasteiger partial charge >= 0.3 is 5.97 Å². The highest BCUT2D eigenvalue weighted by atomic mass is 16.5. The zero-order valence-electron chi connectivity index (χ0n) is 10.8. The highest BCUT2D eigenvalue weighted by Crippen LogP contribution is 2.36. The summed E-state index contributed by atoms with van der Waals surface area (Å²) in [7, 11) is 1.75. The summed E-state index contributed by atoms with van der Waals surface area (Å²) in [6.07, 6.45) is 6.48. The number of hydrogen-bond donors (Lipinski definition) is 1. The SMILES string of the molecule is COC1CCCCC1N1CCCC1(C)C(=O)O. The van der Waals surface area contributed by atoms with Crippen molar-refractivity contribution in [1.82, 2.24) is 4.90 Å². The summed E-state index contributed by atoms with van der Waals surface area (Å²) in [5.41, 5.74) is -0.682. The highest BCUT2D eigenvalue weighted by Gasteiger charge is 2.48. The first-order valence-electron chi connectivity index (χ1n) is 6.62. The maximum Gasteiger partial charge on any atom is 0.323 e. The first-order valence-corrected chi connectivity index (χ1v) is 6.62. The van der Waals surface area contributed by atoms with Gasteiger partial charge in [0.2, 0.25) is 0 Å². The van der Waals surface area contributed by atoms with E-state index in [-0.39, 0.29) is 12.1 Å². The molecule has 0 radical (unpaired) electrons. The maximum absolute atomic E-state index is 11.5. The van der Waals surface area contributed by atoms with E-state index >= 15 is 0 Å². The Balaban J connectivity index is 2.17. The van der Waals surface area contributed by atoms with Crippen LogP contribution in [0.25, 0.3) is 0 Å². The third kappa shape index (κ3) is 2.20. The van der Waals surface area contributed by atoms with Crippen molar-refractivity contribution in [2.75, 3.05) is 13.7 Å². The van der Waals surface area contributed by atoms with E-state index in [1.165, 1.54) is 12.8 Å². The molecule has 0 spiro atoms. The molecule has 1 aliphatic carbocycles. The summed E-state index contributed by atoms with van der Waals surface area (Å²) >= 11 is 0. The zero-order chi connectivity index (χ0) is 12.5. The molecule has 1 saturated heterocycles. The average molecular weight is 241 g/mol. The number of methoxy groups -OCH3 is 1. The number of likely N-dealkylation sites (tertiary alicyclic amines) is 1. The number of carboxylic acid groups (broad SMARTS) is 1. The third-order valence-electron chi connectivity index (χ3n) is 4.53. The van der Waals surface area contributed by atoms with Gasteiger partial charge in [-0.25, -0.2) is 0 Å². The second kappa shape index (κ2) is 4.94. The van der Waals surface area contributed by atoms with Gasteiger partial charge in [0.15, 0.2) is 0 Å². The second-order valence-corrected chi connectivity index (χ2v) is 5.50. The van der Waals surface area contributed by atoms with Crippen molar-refractivity contribution in [3.63, 3.8) is 0 Å². The smallest absolute Gasteiger partial charge is 0.323 e. The minimum Gasteiger partial charge on any atom is -0.480 e. The normalized spacial score (nSPS) is 39.4. The van der Waals surface area contributed by atoms with Gasteiger partial charge in [-0.1, -0.05) is 12.8 Å². The molecule has 1 N–H and O–H groups in total. The van der Waals surface area contributed by atoms with Crippen molar-refractivity contribution in [2.24, 2.45) is 0 Å². The van der Waals surface area contributed by atoms with Crippen LogP contribution < -0.4 is 0 Å². The van der Waals surface area contributed by atoms with Crippen LogP contribution in [0.2, 0.25) is 0 Å². The predicted molar refractivity (Wildman–Crippen MR) is 65.0 cm³/mol. The van der Waals surface area contributed by atoms with Gasteiger partial charge in [-0.3, -0.25) is 9.69 Å². The standard InChI is InChI=1S/C13H23NO3/c1-13(12(15)16)8-5-9-14(13)10-6-3-4-7-11(10)17-2/h10-11H,3-9H2,1-2H3,(H,15,16). The Bertz CT molecular complexity index is 294. The van der Waals surface area contributed by atoms with E-state index in [2.05, 4.69) is 4.90 Å². The molecule has 0 aromatic carbocycles. The van der Waals surface area contributed by atoms with Crippen LogP contribution in [0.1, 0.15) is 45.4 Å². The lowest BCUT2D eigenvalue weighted by Gasteiger charge is -2.43. The van der Waals surface area contributed by atoms with Crippen LogP contribution in [0.3, 0.4) is 0 Å². The van der Waals surface area contributed by atoms with Gasteiger partial charge in [0.05, 0.1) is 6.10 Å². The van der Waals surface area contributed by atoms with E-state index in [0.717, 1.165) is 32.2 Å². The molecule has 2 fully saturated rings. The summed E-state index contributed by atoms with van der Waals surface area (Å²) in [6, 6.07) is 0.289. The summed E-state index contributed by atoms with van der Waals surface area (Å²) in [6.45, 7) is 2.76. The molecule has 1 heterocycles. The predicted octanol–water partition coefficient (Wildman–Crippen LogP) is 1.88. The monoisotopic (exact) mass is 241 g/mol. The van der Waals surface area contributed by atoms with Gasteiger partial charge in [-0.2, -0.15) is 0 Å². The van der Waals surface area contributed by atoms with Crippen LogP contribution in [0.5, 0.6) is 0 Å². The molecule has 3 atom stereocenters. The van der Waals surface area contributed by atoms with Crippen molar-refractivity contribution >= 4 is 5.97 Å². The van der Waals surface area contributed by atoms with Gasteiger partial charge in [-0.05, 0) is 39.2 Å². The lowest BCUT2D eigenvalue weighted by molar-refractivity contribution is -0.152. The first kappa shape index (κ1) is 12.8.